The van der Waals surface area contributed by atoms with Gasteiger partial charge in [-0.25, -0.2) is 8.42 Å². The van der Waals surface area contributed by atoms with E-state index < -0.39 is 32.3 Å². The Morgan fingerprint density at radius 2 is 1.48 bits per heavy atom. The zero-order chi connectivity index (χ0) is 16.2. The molecule has 0 heterocycles. The smallest absolute Gasteiger partial charge is 0.744 e. The molecule has 0 bridgehead atoms. The van der Waals surface area contributed by atoms with Crippen LogP contribution in [0.3, 0.4) is 0 Å². The summed E-state index contributed by atoms with van der Waals surface area (Å²) < 4.78 is 33.7. The van der Waals surface area contributed by atoms with Gasteiger partial charge in [-0.1, -0.05) is 35.9 Å². The molecule has 2 aromatic rings. The minimum absolute atomic E-state index is 0. The van der Waals surface area contributed by atoms with E-state index in [-0.39, 0.29) is 78.7 Å². The summed E-state index contributed by atoms with van der Waals surface area (Å²) in [5, 5.41) is -0.300. The molecule has 23 heavy (non-hydrogen) atoms. The number of hydrogen-bond acceptors (Lipinski definition) is 6. The molecule has 6 nitrogen and oxygen atoms in total. The van der Waals surface area contributed by atoms with Crippen molar-refractivity contribution in [1.29, 1.82) is 0 Å². The molecule has 0 saturated heterocycles. The fraction of sp³-hybridized carbons (Fsp3) is 0. The Bertz CT molecular complexity index is 971. The molecule has 2 N–H and O–H groups in total. The van der Waals surface area contributed by atoms with Gasteiger partial charge in [0.2, 0.25) is 0 Å². The molecule has 0 aliphatic heterocycles. The maximum Gasteiger partial charge on any atom is 1.00 e. The SMILES string of the molecule is Nc1c(S(=O)(=O)[O-])cc(Cl)c2c1C(=O)c1ccccc1C2=O.[K+]. The quantitative estimate of drug-likeness (QED) is 0.318. The van der Waals surface area contributed by atoms with E-state index in [2.05, 4.69) is 0 Å². The molecule has 9 heteroatoms. The zero-order valence-corrected chi connectivity index (χ0v) is 16.5. The monoisotopic (exact) mass is 375 g/mol. The summed E-state index contributed by atoms with van der Waals surface area (Å²) in [6.07, 6.45) is 0. The third-order valence-corrected chi connectivity index (χ3v) is 4.60. The van der Waals surface area contributed by atoms with Crippen LogP contribution in [0.4, 0.5) is 5.69 Å². The van der Waals surface area contributed by atoms with Crippen molar-refractivity contribution in [3.05, 3.63) is 57.6 Å². The largest absolute Gasteiger partial charge is 1.00 e. The summed E-state index contributed by atoms with van der Waals surface area (Å²) in [5.74, 6) is -1.19. The maximum atomic E-state index is 12.5. The average molecular weight is 376 g/mol. The van der Waals surface area contributed by atoms with Gasteiger partial charge in [-0.2, -0.15) is 0 Å². The predicted octanol–water partition coefficient (Wildman–Crippen LogP) is -1.39. The van der Waals surface area contributed by atoms with Crippen molar-refractivity contribution in [3.8, 4) is 0 Å². The Morgan fingerprint density at radius 1 is 1.00 bits per heavy atom. The second-order valence-corrected chi connectivity index (χ2v) is 6.43. The molecule has 1 aliphatic carbocycles. The Kier molecular flexibility index (Phi) is 5.20. The second kappa shape index (κ2) is 6.38. The van der Waals surface area contributed by atoms with Crippen molar-refractivity contribution in [2.45, 2.75) is 4.90 Å². The summed E-state index contributed by atoms with van der Waals surface area (Å²) in [5.41, 5.74) is 4.82. The van der Waals surface area contributed by atoms with E-state index in [9.17, 15) is 22.6 Å². The maximum absolute atomic E-state index is 12.5. The van der Waals surface area contributed by atoms with Gasteiger partial charge in [-0.15, -0.1) is 0 Å². The molecule has 0 saturated carbocycles. The van der Waals surface area contributed by atoms with Crippen molar-refractivity contribution in [1.82, 2.24) is 0 Å². The van der Waals surface area contributed by atoms with Crippen LogP contribution in [-0.4, -0.2) is 24.5 Å². The van der Waals surface area contributed by atoms with Gasteiger partial charge < -0.3 is 10.3 Å². The summed E-state index contributed by atoms with van der Waals surface area (Å²) in [4.78, 5) is 24.2. The van der Waals surface area contributed by atoms with Crippen LogP contribution in [0.1, 0.15) is 31.8 Å². The Labute approximate surface area is 179 Å². The normalized spacial score (nSPS) is 13.1. The van der Waals surface area contributed by atoms with Gasteiger partial charge in [0.05, 0.1) is 26.7 Å². The van der Waals surface area contributed by atoms with E-state index in [0.717, 1.165) is 6.07 Å². The minimum atomic E-state index is -4.93. The number of anilines is 1. The first-order valence-corrected chi connectivity index (χ1v) is 7.78. The zero-order valence-electron chi connectivity index (χ0n) is 11.8. The number of benzene rings is 2. The van der Waals surface area contributed by atoms with Crippen molar-refractivity contribution >= 4 is 39.0 Å². The Balaban J connectivity index is 0.00000192. The number of hydrogen-bond donors (Lipinski definition) is 1. The first-order chi connectivity index (χ1) is 10.2. The number of fused-ring (bicyclic) bond motifs is 2. The summed E-state index contributed by atoms with van der Waals surface area (Å²) in [7, 11) is -4.93. The second-order valence-electron chi connectivity index (χ2n) is 4.68. The molecule has 3 rings (SSSR count). The van der Waals surface area contributed by atoms with Crippen LogP contribution in [0, 0.1) is 0 Å². The first kappa shape index (κ1) is 18.8. The molecular formula is C14H7ClKNO5S. The summed E-state index contributed by atoms with van der Waals surface area (Å²) >= 11 is 5.92. The van der Waals surface area contributed by atoms with Gasteiger partial charge in [0.25, 0.3) is 0 Å². The van der Waals surface area contributed by atoms with Gasteiger partial charge >= 0.3 is 51.4 Å². The fourth-order valence-electron chi connectivity index (χ4n) is 2.46. The number of carbonyl (C=O) groups excluding carboxylic acids is 2. The average Bonchev–Trinajstić information content (AvgIpc) is 2.45. The molecular weight excluding hydrogens is 369 g/mol. The van der Waals surface area contributed by atoms with Crippen LogP contribution < -0.4 is 57.1 Å². The Hall–Kier alpha value is -0.584. The molecule has 0 unspecified atom stereocenters. The first-order valence-electron chi connectivity index (χ1n) is 5.99. The number of ketones is 2. The van der Waals surface area contributed by atoms with Crippen molar-refractivity contribution in [3.63, 3.8) is 0 Å². The summed E-state index contributed by atoms with van der Waals surface area (Å²) in [6.45, 7) is 0. The molecule has 0 radical (unpaired) electrons. The van der Waals surface area contributed by atoms with E-state index >= 15 is 0 Å². The van der Waals surface area contributed by atoms with Crippen molar-refractivity contribution in [2.24, 2.45) is 0 Å². The number of carbonyl (C=O) groups is 2. The van der Waals surface area contributed by atoms with Crippen LogP contribution in [-0.2, 0) is 10.1 Å². The van der Waals surface area contributed by atoms with Gasteiger partial charge in [0.1, 0.15) is 10.1 Å². The van der Waals surface area contributed by atoms with Crippen molar-refractivity contribution < 1.29 is 73.9 Å². The van der Waals surface area contributed by atoms with Gasteiger partial charge in [-0.05, 0) is 6.07 Å². The van der Waals surface area contributed by atoms with E-state index in [1.54, 1.807) is 12.1 Å². The molecule has 0 atom stereocenters. The van der Waals surface area contributed by atoms with E-state index in [0.29, 0.717) is 0 Å². The van der Waals surface area contributed by atoms with E-state index in [1.807, 2.05) is 0 Å². The van der Waals surface area contributed by atoms with Crippen molar-refractivity contribution in [2.75, 3.05) is 5.73 Å². The molecule has 0 aromatic heterocycles. The van der Waals surface area contributed by atoms with Gasteiger partial charge in [0.15, 0.2) is 11.6 Å². The molecule has 0 fully saturated rings. The van der Waals surface area contributed by atoms with Crippen LogP contribution >= 0.6 is 11.6 Å². The topological polar surface area (TPSA) is 117 Å². The Morgan fingerprint density at radius 3 is 1.96 bits per heavy atom. The van der Waals surface area contributed by atoms with Crippen LogP contribution in [0.2, 0.25) is 5.02 Å². The van der Waals surface area contributed by atoms with Crippen LogP contribution in [0.5, 0.6) is 0 Å². The van der Waals surface area contributed by atoms with E-state index in [4.69, 9.17) is 17.3 Å². The molecule has 0 spiro atoms. The number of nitrogens with two attached hydrogens (primary N) is 1. The van der Waals surface area contributed by atoms with E-state index in [1.165, 1.54) is 12.1 Å². The van der Waals surface area contributed by atoms with Crippen LogP contribution in [0.25, 0.3) is 0 Å². The van der Waals surface area contributed by atoms with Crippen LogP contribution in [0.15, 0.2) is 35.2 Å². The molecule has 0 amide bonds. The number of nitrogen functional groups attached to an aromatic ring is 1. The molecule has 2 aromatic carbocycles. The standard InChI is InChI=1S/C14H8ClNO5S.K/c15-8-5-9(22(19,20)21)12(16)11-10(8)13(17)6-3-1-2-4-7(6)14(11)18;/h1-5H,16H2,(H,19,20,21);/q;+1/p-1. The number of halogens is 1. The fourth-order valence-corrected chi connectivity index (χ4v) is 3.44. The predicted molar refractivity (Wildman–Crippen MR) is 77.1 cm³/mol. The third-order valence-electron chi connectivity index (χ3n) is 3.42. The van der Waals surface area contributed by atoms with Gasteiger partial charge in [-0.3, -0.25) is 9.59 Å². The van der Waals surface area contributed by atoms with Gasteiger partial charge in [0, 0.05) is 11.1 Å². The molecule has 1 aliphatic rings. The minimum Gasteiger partial charge on any atom is -0.744 e. The summed E-state index contributed by atoms with van der Waals surface area (Å²) in [6, 6.07) is 6.83. The molecule has 112 valence electrons. The number of rotatable bonds is 1. The third kappa shape index (κ3) is 2.94.